The van der Waals surface area contributed by atoms with E-state index in [0.717, 1.165) is 11.1 Å². The fourth-order valence-electron chi connectivity index (χ4n) is 1.95. The number of sulfone groups is 1. The van der Waals surface area contributed by atoms with Gasteiger partial charge in [-0.1, -0.05) is 47.1 Å². The monoisotopic (exact) mass is 333 g/mol. The van der Waals surface area contributed by atoms with E-state index < -0.39 is 9.84 Å². The fraction of sp³-hybridized carbons (Fsp3) is 0.267. The quantitative estimate of drug-likeness (QED) is 0.707. The maximum atomic E-state index is 11.6. The van der Waals surface area contributed by atoms with Gasteiger partial charge < -0.3 is 9.05 Å². The van der Waals surface area contributed by atoms with E-state index in [-0.39, 0.29) is 23.2 Å². The first-order valence-electron chi connectivity index (χ1n) is 7.04. The minimum atomic E-state index is -3.21. The number of aromatic nitrogens is 3. The van der Waals surface area contributed by atoms with Crippen LogP contribution in [0.25, 0.3) is 22.9 Å². The van der Waals surface area contributed by atoms with Gasteiger partial charge >= 0.3 is 0 Å². The number of nitrogens with zero attached hydrogens (tertiary/aromatic N) is 3. The molecule has 1 aromatic carbocycles. The number of aryl methyl sites for hydroxylation is 1. The van der Waals surface area contributed by atoms with Crippen LogP contribution in [0.15, 0.2) is 39.4 Å². The summed E-state index contributed by atoms with van der Waals surface area (Å²) < 4.78 is 33.4. The minimum absolute atomic E-state index is 0.0246. The lowest BCUT2D eigenvalue weighted by Gasteiger charge is -1.95. The molecule has 120 valence electrons. The van der Waals surface area contributed by atoms with Gasteiger partial charge in [-0.2, -0.15) is 4.98 Å². The Hall–Kier alpha value is -2.48. The second-order valence-corrected chi connectivity index (χ2v) is 7.49. The molecule has 0 atom stereocenters. The Kier molecular flexibility index (Phi) is 3.99. The average molecular weight is 333 g/mol. The van der Waals surface area contributed by atoms with Gasteiger partial charge in [0.1, 0.15) is 11.4 Å². The average Bonchev–Trinajstić information content (AvgIpc) is 3.17. The highest BCUT2D eigenvalue weighted by molar-refractivity contribution is 7.90. The molecule has 8 heteroatoms. The minimum Gasteiger partial charge on any atom is -0.350 e. The Labute approximate surface area is 133 Å². The SMILES string of the molecule is CCS(=O)(=O)Cc1noc(-c2cc(-c3ccc(C)cc3)no2)n1. The summed E-state index contributed by atoms with van der Waals surface area (Å²) in [6.07, 6.45) is 0. The number of hydrogen-bond donors (Lipinski definition) is 0. The fourth-order valence-corrected chi connectivity index (χ4v) is 2.66. The van der Waals surface area contributed by atoms with Crippen molar-refractivity contribution in [2.24, 2.45) is 0 Å². The first-order valence-corrected chi connectivity index (χ1v) is 8.86. The van der Waals surface area contributed by atoms with Gasteiger partial charge in [0.15, 0.2) is 15.7 Å². The smallest absolute Gasteiger partial charge is 0.296 e. The number of benzene rings is 1. The van der Waals surface area contributed by atoms with Crippen molar-refractivity contribution in [3.05, 3.63) is 41.7 Å². The Morgan fingerprint density at radius 1 is 1.09 bits per heavy atom. The molecular formula is C15H15N3O4S. The van der Waals surface area contributed by atoms with Crippen LogP contribution in [0.5, 0.6) is 0 Å². The zero-order chi connectivity index (χ0) is 16.4. The van der Waals surface area contributed by atoms with Gasteiger partial charge in [0.25, 0.3) is 5.89 Å². The topological polar surface area (TPSA) is 99.1 Å². The van der Waals surface area contributed by atoms with Gasteiger partial charge in [-0.05, 0) is 6.92 Å². The van der Waals surface area contributed by atoms with E-state index >= 15 is 0 Å². The molecule has 0 unspecified atom stereocenters. The molecule has 2 aromatic heterocycles. The Bertz CT molecular complexity index is 910. The Morgan fingerprint density at radius 2 is 1.83 bits per heavy atom. The van der Waals surface area contributed by atoms with E-state index in [1.807, 2.05) is 31.2 Å². The highest BCUT2D eigenvalue weighted by Crippen LogP contribution is 2.25. The summed E-state index contributed by atoms with van der Waals surface area (Å²) in [5.74, 6) is 0.281. The molecule has 0 spiro atoms. The summed E-state index contributed by atoms with van der Waals surface area (Å²) in [4.78, 5) is 4.04. The molecule has 0 radical (unpaired) electrons. The third-order valence-corrected chi connectivity index (χ3v) is 4.90. The zero-order valence-corrected chi connectivity index (χ0v) is 13.5. The van der Waals surface area contributed by atoms with Gasteiger partial charge in [0.2, 0.25) is 5.76 Å². The van der Waals surface area contributed by atoms with E-state index in [2.05, 4.69) is 15.3 Å². The summed E-state index contributed by atoms with van der Waals surface area (Å²) in [5, 5.41) is 7.64. The summed E-state index contributed by atoms with van der Waals surface area (Å²) in [6, 6.07) is 9.50. The van der Waals surface area contributed by atoms with Crippen LogP contribution in [0.2, 0.25) is 0 Å². The van der Waals surface area contributed by atoms with Gasteiger partial charge in [0, 0.05) is 17.4 Å². The second kappa shape index (κ2) is 5.96. The van der Waals surface area contributed by atoms with Crippen molar-refractivity contribution in [3.63, 3.8) is 0 Å². The van der Waals surface area contributed by atoms with Crippen molar-refractivity contribution in [3.8, 4) is 22.9 Å². The van der Waals surface area contributed by atoms with Crippen LogP contribution in [0.3, 0.4) is 0 Å². The van der Waals surface area contributed by atoms with Crippen molar-refractivity contribution in [2.75, 3.05) is 5.75 Å². The van der Waals surface area contributed by atoms with Crippen LogP contribution in [0.4, 0.5) is 0 Å². The summed E-state index contributed by atoms with van der Waals surface area (Å²) in [5.41, 5.74) is 2.69. The first-order chi connectivity index (χ1) is 11.0. The van der Waals surface area contributed by atoms with Gasteiger partial charge in [-0.3, -0.25) is 0 Å². The molecule has 0 fully saturated rings. The van der Waals surface area contributed by atoms with Crippen molar-refractivity contribution < 1.29 is 17.5 Å². The highest BCUT2D eigenvalue weighted by atomic mass is 32.2. The molecule has 0 amide bonds. The largest absolute Gasteiger partial charge is 0.350 e. The maximum absolute atomic E-state index is 11.6. The van der Waals surface area contributed by atoms with Gasteiger partial charge in [-0.25, -0.2) is 8.42 Å². The summed E-state index contributed by atoms with van der Waals surface area (Å²) in [6.45, 7) is 3.57. The van der Waals surface area contributed by atoms with Crippen LogP contribution in [0.1, 0.15) is 18.3 Å². The second-order valence-electron chi connectivity index (χ2n) is 5.13. The maximum Gasteiger partial charge on any atom is 0.296 e. The predicted octanol–water partition coefficient (Wildman–Crippen LogP) is 2.63. The molecule has 2 heterocycles. The summed E-state index contributed by atoms with van der Waals surface area (Å²) >= 11 is 0. The first kappa shape index (κ1) is 15.4. The lowest BCUT2D eigenvalue weighted by molar-refractivity contribution is 0.383. The molecule has 0 saturated heterocycles. The molecular weight excluding hydrogens is 318 g/mol. The van der Waals surface area contributed by atoms with Crippen molar-refractivity contribution in [1.82, 2.24) is 15.3 Å². The lowest BCUT2D eigenvalue weighted by Crippen LogP contribution is -2.07. The lowest BCUT2D eigenvalue weighted by atomic mass is 10.1. The highest BCUT2D eigenvalue weighted by Gasteiger charge is 2.18. The molecule has 0 aliphatic rings. The van der Waals surface area contributed by atoms with Crippen LogP contribution < -0.4 is 0 Å². The van der Waals surface area contributed by atoms with E-state index in [0.29, 0.717) is 11.5 Å². The van der Waals surface area contributed by atoms with Crippen LogP contribution in [0, 0.1) is 6.92 Å². The van der Waals surface area contributed by atoms with Crippen LogP contribution >= 0.6 is 0 Å². The Balaban J connectivity index is 1.83. The van der Waals surface area contributed by atoms with Crippen molar-refractivity contribution in [2.45, 2.75) is 19.6 Å². The molecule has 7 nitrogen and oxygen atoms in total. The van der Waals surface area contributed by atoms with E-state index in [4.69, 9.17) is 9.05 Å². The molecule has 0 N–H and O–H groups in total. The van der Waals surface area contributed by atoms with Crippen molar-refractivity contribution >= 4 is 9.84 Å². The molecule has 3 aromatic rings. The molecule has 0 saturated carbocycles. The third-order valence-electron chi connectivity index (χ3n) is 3.33. The predicted molar refractivity (Wildman–Crippen MR) is 83.1 cm³/mol. The number of rotatable bonds is 5. The number of hydrogen-bond acceptors (Lipinski definition) is 7. The van der Waals surface area contributed by atoms with Crippen LogP contribution in [-0.4, -0.2) is 29.5 Å². The molecule has 23 heavy (non-hydrogen) atoms. The zero-order valence-electron chi connectivity index (χ0n) is 12.7. The van der Waals surface area contributed by atoms with E-state index in [1.165, 1.54) is 0 Å². The van der Waals surface area contributed by atoms with Gasteiger partial charge in [0.05, 0.1) is 0 Å². The summed E-state index contributed by atoms with van der Waals surface area (Å²) in [7, 11) is -3.21. The Morgan fingerprint density at radius 3 is 2.52 bits per heavy atom. The normalized spacial score (nSPS) is 11.7. The van der Waals surface area contributed by atoms with Crippen LogP contribution in [-0.2, 0) is 15.6 Å². The third kappa shape index (κ3) is 3.48. The molecule has 0 aliphatic carbocycles. The van der Waals surface area contributed by atoms with Crippen molar-refractivity contribution in [1.29, 1.82) is 0 Å². The standard InChI is InChI=1S/C15H15N3O4S/c1-3-23(19,20)9-14-16-15(22-18-14)13-8-12(17-21-13)11-6-4-10(2)5-7-11/h4-8H,3,9H2,1-2H3. The molecule has 0 aliphatic heterocycles. The van der Waals surface area contributed by atoms with Gasteiger partial charge in [-0.15, -0.1) is 0 Å². The molecule has 0 bridgehead atoms. The molecule has 3 rings (SSSR count). The van der Waals surface area contributed by atoms with E-state index in [1.54, 1.807) is 13.0 Å². The van der Waals surface area contributed by atoms with E-state index in [9.17, 15) is 8.42 Å².